The lowest BCUT2D eigenvalue weighted by atomic mass is 10.0. The molecular weight excluding hydrogens is 246 g/mol. The van der Waals surface area contributed by atoms with Crippen molar-refractivity contribution in [1.29, 1.82) is 0 Å². The smallest absolute Gasteiger partial charge is 0.259 e. The second-order valence-corrected chi connectivity index (χ2v) is 4.68. The zero-order valence-corrected chi connectivity index (χ0v) is 10.7. The van der Waals surface area contributed by atoms with E-state index in [4.69, 9.17) is 5.73 Å². The van der Waals surface area contributed by atoms with Crippen LogP contribution < -0.4 is 16.4 Å². The molecule has 1 aliphatic rings. The minimum atomic E-state index is -0.448. The molecule has 1 heterocycles. The van der Waals surface area contributed by atoms with E-state index in [2.05, 4.69) is 10.6 Å². The molecule has 2 rings (SSSR count). The van der Waals surface area contributed by atoms with Gasteiger partial charge in [0.1, 0.15) is 0 Å². The van der Waals surface area contributed by atoms with Gasteiger partial charge in [0.05, 0.1) is 17.0 Å². The van der Waals surface area contributed by atoms with Gasteiger partial charge in [0.25, 0.3) is 11.8 Å². The van der Waals surface area contributed by atoms with Gasteiger partial charge in [0.15, 0.2) is 0 Å². The third kappa shape index (κ3) is 2.48. The number of rotatable bonds is 3. The molecule has 6 heteroatoms. The molecule has 0 aromatic heterocycles. The van der Waals surface area contributed by atoms with E-state index >= 15 is 0 Å². The summed E-state index contributed by atoms with van der Waals surface area (Å²) in [6.07, 6.45) is 0. The summed E-state index contributed by atoms with van der Waals surface area (Å²) in [6, 6.07) is 4.32. The minimum absolute atomic E-state index is 0.223. The molecule has 1 aromatic rings. The number of nitrogens with two attached hydrogens (primary N) is 1. The van der Waals surface area contributed by atoms with Gasteiger partial charge in [-0.2, -0.15) is 0 Å². The SMILES string of the molecule is CC(N)C(C)C(=O)Nc1ccc2c(c1)C(=O)NC2=O. The van der Waals surface area contributed by atoms with Crippen molar-refractivity contribution >= 4 is 23.4 Å². The Hall–Kier alpha value is -2.21. The predicted octanol–water partition coefficient (Wildman–Crippen LogP) is 0.492. The van der Waals surface area contributed by atoms with Crippen LogP contribution in [0.3, 0.4) is 0 Å². The van der Waals surface area contributed by atoms with Gasteiger partial charge in [0, 0.05) is 11.7 Å². The minimum Gasteiger partial charge on any atom is -0.327 e. The van der Waals surface area contributed by atoms with Crippen LogP contribution in [0.25, 0.3) is 0 Å². The highest BCUT2D eigenvalue weighted by atomic mass is 16.2. The number of amides is 3. The fraction of sp³-hybridized carbons (Fsp3) is 0.308. The molecule has 0 bridgehead atoms. The summed E-state index contributed by atoms with van der Waals surface area (Å²) < 4.78 is 0. The Labute approximate surface area is 110 Å². The van der Waals surface area contributed by atoms with Crippen LogP contribution in [0.2, 0.25) is 0 Å². The lowest BCUT2D eigenvalue weighted by Crippen LogP contribution is -2.34. The summed E-state index contributed by atoms with van der Waals surface area (Å²) in [5.41, 5.74) is 6.72. The molecule has 19 heavy (non-hydrogen) atoms. The van der Waals surface area contributed by atoms with Crippen LogP contribution in [0, 0.1) is 5.92 Å². The van der Waals surface area contributed by atoms with Crippen molar-refractivity contribution in [3.8, 4) is 0 Å². The maximum Gasteiger partial charge on any atom is 0.259 e. The molecule has 1 aromatic carbocycles. The second kappa shape index (κ2) is 4.81. The van der Waals surface area contributed by atoms with Crippen molar-refractivity contribution in [3.63, 3.8) is 0 Å². The van der Waals surface area contributed by atoms with Gasteiger partial charge in [-0.05, 0) is 25.1 Å². The molecule has 1 aliphatic heterocycles. The number of carbonyl (C=O) groups excluding carboxylic acids is 3. The van der Waals surface area contributed by atoms with E-state index in [1.807, 2.05) is 0 Å². The van der Waals surface area contributed by atoms with E-state index in [9.17, 15) is 14.4 Å². The Morgan fingerprint density at radius 1 is 1.21 bits per heavy atom. The van der Waals surface area contributed by atoms with Gasteiger partial charge in [-0.1, -0.05) is 6.92 Å². The molecule has 100 valence electrons. The average Bonchev–Trinajstić information content (AvgIpc) is 2.63. The fourth-order valence-corrected chi connectivity index (χ4v) is 1.74. The van der Waals surface area contributed by atoms with Gasteiger partial charge < -0.3 is 11.1 Å². The normalized spacial score (nSPS) is 16.6. The maximum atomic E-state index is 11.8. The van der Waals surface area contributed by atoms with E-state index in [-0.39, 0.29) is 23.4 Å². The van der Waals surface area contributed by atoms with Gasteiger partial charge in [0.2, 0.25) is 5.91 Å². The number of imide groups is 1. The van der Waals surface area contributed by atoms with Crippen LogP contribution in [0.15, 0.2) is 18.2 Å². The Kier molecular flexibility index (Phi) is 3.35. The highest BCUT2D eigenvalue weighted by Gasteiger charge is 2.27. The van der Waals surface area contributed by atoms with Gasteiger partial charge in [-0.15, -0.1) is 0 Å². The summed E-state index contributed by atoms with van der Waals surface area (Å²) in [7, 11) is 0. The Bertz CT molecular complexity index is 566. The van der Waals surface area contributed by atoms with Crippen molar-refractivity contribution in [2.24, 2.45) is 11.7 Å². The number of benzene rings is 1. The molecule has 0 fully saturated rings. The zero-order chi connectivity index (χ0) is 14.2. The van der Waals surface area contributed by atoms with Crippen LogP contribution in [0.4, 0.5) is 5.69 Å². The topological polar surface area (TPSA) is 101 Å². The first-order valence-corrected chi connectivity index (χ1v) is 5.96. The molecule has 0 saturated heterocycles. The van der Waals surface area contributed by atoms with Crippen molar-refractivity contribution in [1.82, 2.24) is 5.32 Å². The quantitative estimate of drug-likeness (QED) is 0.689. The van der Waals surface area contributed by atoms with Crippen LogP contribution in [0.1, 0.15) is 34.6 Å². The third-order valence-corrected chi connectivity index (χ3v) is 3.21. The molecule has 2 unspecified atom stereocenters. The van der Waals surface area contributed by atoms with E-state index < -0.39 is 11.8 Å². The van der Waals surface area contributed by atoms with Gasteiger partial charge >= 0.3 is 0 Å². The summed E-state index contributed by atoms with van der Waals surface area (Å²) in [5.74, 6) is -1.43. The van der Waals surface area contributed by atoms with Crippen LogP contribution in [-0.4, -0.2) is 23.8 Å². The number of nitrogens with one attached hydrogen (secondary N) is 2. The maximum absolute atomic E-state index is 11.8. The highest BCUT2D eigenvalue weighted by Crippen LogP contribution is 2.20. The van der Waals surface area contributed by atoms with Gasteiger partial charge in [-0.25, -0.2) is 0 Å². The molecule has 0 spiro atoms. The zero-order valence-electron chi connectivity index (χ0n) is 10.7. The monoisotopic (exact) mass is 261 g/mol. The Balaban J connectivity index is 2.20. The molecule has 6 nitrogen and oxygen atoms in total. The van der Waals surface area contributed by atoms with Gasteiger partial charge in [-0.3, -0.25) is 19.7 Å². The van der Waals surface area contributed by atoms with Crippen LogP contribution in [0.5, 0.6) is 0 Å². The lowest BCUT2D eigenvalue weighted by molar-refractivity contribution is -0.119. The van der Waals surface area contributed by atoms with Crippen LogP contribution in [-0.2, 0) is 4.79 Å². The molecular formula is C13H15N3O3. The largest absolute Gasteiger partial charge is 0.327 e. The summed E-state index contributed by atoms with van der Waals surface area (Å²) in [6.45, 7) is 3.47. The average molecular weight is 261 g/mol. The van der Waals surface area contributed by atoms with Crippen molar-refractivity contribution in [2.45, 2.75) is 19.9 Å². The number of anilines is 1. The molecule has 3 amide bonds. The summed E-state index contributed by atoms with van der Waals surface area (Å²) in [5, 5.41) is 4.87. The molecule has 0 aliphatic carbocycles. The number of carbonyl (C=O) groups is 3. The van der Waals surface area contributed by atoms with E-state index in [1.54, 1.807) is 19.9 Å². The Morgan fingerprint density at radius 3 is 2.47 bits per heavy atom. The number of hydrogen-bond donors (Lipinski definition) is 3. The molecule has 2 atom stereocenters. The van der Waals surface area contributed by atoms with E-state index in [0.29, 0.717) is 11.3 Å². The molecule has 0 saturated carbocycles. The standard InChI is InChI=1S/C13H15N3O3/c1-6(7(2)14)11(17)15-8-3-4-9-10(5-8)13(19)16-12(9)18/h3-7H,14H2,1-2H3,(H,15,17)(H,16,18,19). The first kappa shape index (κ1) is 13.2. The predicted molar refractivity (Wildman–Crippen MR) is 69.7 cm³/mol. The Morgan fingerprint density at radius 2 is 1.84 bits per heavy atom. The molecule has 0 radical (unpaired) electrons. The number of hydrogen-bond acceptors (Lipinski definition) is 4. The van der Waals surface area contributed by atoms with E-state index in [1.165, 1.54) is 12.1 Å². The fourth-order valence-electron chi connectivity index (χ4n) is 1.74. The summed E-state index contributed by atoms with van der Waals surface area (Å²) in [4.78, 5) is 34.7. The first-order valence-electron chi connectivity index (χ1n) is 5.96. The second-order valence-electron chi connectivity index (χ2n) is 4.68. The lowest BCUT2D eigenvalue weighted by Gasteiger charge is -2.15. The van der Waals surface area contributed by atoms with E-state index in [0.717, 1.165) is 0 Å². The highest BCUT2D eigenvalue weighted by molar-refractivity contribution is 6.22. The van der Waals surface area contributed by atoms with Crippen molar-refractivity contribution in [3.05, 3.63) is 29.3 Å². The van der Waals surface area contributed by atoms with Crippen molar-refractivity contribution in [2.75, 3.05) is 5.32 Å². The third-order valence-electron chi connectivity index (χ3n) is 3.21. The number of fused-ring (bicyclic) bond motifs is 1. The molecule has 4 N–H and O–H groups in total. The van der Waals surface area contributed by atoms with Crippen molar-refractivity contribution < 1.29 is 14.4 Å². The van der Waals surface area contributed by atoms with Crippen LogP contribution >= 0.6 is 0 Å². The first-order chi connectivity index (χ1) is 8.90. The summed E-state index contributed by atoms with van der Waals surface area (Å²) >= 11 is 0.